The molecule has 1 heterocycles. The first-order valence-electron chi connectivity index (χ1n) is 8.51. The van der Waals surface area contributed by atoms with Gasteiger partial charge in [-0.15, -0.1) is 0 Å². The molecule has 0 N–H and O–H groups in total. The van der Waals surface area contributed by atoms with Crippen molar-refractivity contribution in [2.24, 2.45) is 0 Å². The Morgan fingerprint density at radius 1 is 0.962 bits per heavy atom. The fourth-order valence-corrected chi connectivity index (χ4v) is 3.16. The largest absolute Gasteiger partial charge is 0.493 e. The third kappa shape index (κ3) is 3.52. The molecule has 0 saturated heterocycles. The van der Waals surface area contributed by atoms with E-state index in [2.05, 4.69) is 18.2 Å². The summed E-state index contributed by atoms with van der Waals surface area (Å²) in [6.07, 6.45) is 2.95. The number of ether oxygens (including phenoxy) is 3. The van der Waals surface area contributed by atoms with E-state index in [4.69, 9.17) is 14.2 Å². The first-order valence-corrected chi connectivity index (χ1v) is 8.51. The monoisotopic (exact) mass is 353 g/mol. The predicted octanol–water partition coefficient (Wildman–Crippen LogP) is 3.64. The van der Waals surface area contributed by atoms with Gasteiger partial charge in [0.05, 0.1) is 21.3 Å². The molecule has 26 heavy (non-hydrogen) atoms. The Labute approximate surface area is 153 Å². The highest BCUT2D eigenvalue weighted by atomic mass is 16.5. The second-order valence-electron chi connectivity index (χ2n) is 6.01. The van der Waals surface area contributed by atoms with Crippen molar-refractivity contribution in [3.63, 3.8) is 0 Å². The molecule has 5 heteroatoms. The third-order valence-electron chi connectivity index (χ3n) is 4.55. The van der Waals surface area contributed by atoms with Crippen LogP contribution in [0.15, 0.2) is 48.5 Å². The van der Waals surface area contributed by atoms with Crippen LogP contribution >= 0.6 is 0 Å². The van der Waals surface area contributed by atoms with Crippen molar-refractivity contribution in [1.29, 1.82) is 0 Å². The summed E-state index contributed by atoms with van der Waals surface area (Å²) in [6, 6.07) is 13.7. The van der Waals surface area contributed by atoms with Crippen molar-refractivity contribution in [3.8, 4) is 17.2 Å². The van der Waals surface area contributed by atoms with Crippen molar-refractivity contribution in [2.45, 2.75) is 6.42 Å². The van der Waals surface area contributed by atoms with Gasteiger partial charge in [-0.05, 0) is 29.7 Å². The molecule has 0 spiro atoms. The molecule has 5 nitrogen and oxygen atoms in total. The molecule has 1 amide bonds. The lowest BCUT2D eigenvalue weighted by Gasteiger charge is -2.27. The lowest BCUT2D eigenvalue weighted by atomic mass is 9.99. The standard InChI is InChI=1S/C21H23NO4/c1-24-18-13-17(14-19(25-2)20(18)26-3)21(23)22-11-9-16(10-12-22)15-7-5-4-6-8-15/h4-9,13-14H,10-12H2,1-3H3. The zero-order chi connectivity index (χ0) is 18.5. The molecule has 3 rings (SSSR count). The average molecular weight is 353 g/mol. The van der Waals surface area contributed by atoms with E-state index in [1.54, 1.807) is 33.5 Å². The van der Waals surface area contributed by atoms with Crippen molar-refractivity contribution < 1.29 is 19.0 Å². The first-order chi connectivity index (χ1) is 12.7. The zero-order valence-electron chi connectivity index (χ0n) is 15.3. The minimum absolute atomic E-state index is 0.0485. The minimum atomic E-state index is -0.0485. The summed E-state index contributed by atoms with van der Waals surface area (Å²) < 4.78 is 16.0. The first kappa shape index (κ1) is 17.9. The maximum absolute atomic E-state index is 12.9. The van der Waals surface area contributed by atoms with Crippen LogP contribution in [-0.4, -0.2) is 45.2 Å². The Morgan fingerprint density at radius 3 is 2.12 bits per heavy atom. The SMILES string of the molecule is COc1cc(C(=O)N2CC=C(c3ccccc3)CC2)cc(OC)c1OC. The Kier molecular flexibility index (Phi) is 5.46. The summed E-state index contributed by atoms with van der Waals surface area (Å²) in [5.74, 6) is 1.39. The van der Waals surface area contributed by atoms with Gasteiger partial charge in [0, 0.05) is 18.7 Å². The van der Waals surface area contributed by atoms with Gasteiger partial charge in [0.1, 0.15) is 0 Å². The van der Waals surface area contributed by atoms with Crippen LogP contribution in [0, 0.1) is 0 Å². The lowest BCUT2D eigenvalue weighted by molar-refractivity contribution is 0.0772. The van der Waals surface area contributed by atoms with Gasteiger partial charge in [-0.3, -0.25) is 4.79 Å². The normalized spacial score (nSPS) is 13.8. The van der Waals surface area contributed by atoms with E-state index in [1.165, 1.54) is 11.1 Å². The number of amides is 1. The number of benzene rings is 2. The van der Waals surface area contributed by atoms with E-state index in [0.29, 0.717) is 35.9 Å². The molecule has 0 saturated carbocycles. The van der Waals surface area contributed by atoms with Crippen LogP contribution in [-0.2, 0) is 0 Å². The summed E-state index contributed by atoms with van der Waals surface area (Å²) in [7, 11) is 4.63. The fraction of sp³-hybridized carbons (Fsp3) is 0.286. The lowest BCUT2D eigenvalue weighted by Crippen LogP contribution is -2.34. The summed E-state index contributed by atoms with van der Waals surface area (Å²) in [5, 5.41) is 0. The molecule has 0 aliphatic carbocycles. The highest BCUT2D eigenvalue weighted by Crippen LogP contribution is 2.38. The molecule has 2 aromatic carbocycles. The van der Waals surface area contributed by atoms with Gasteiger partial charge in [0.15, 0.2) is 11.5 Å². The van der Waals surface area contributed by atoms with Gasteiger partial charge in [0.2, 0.25) is 5.75 Å². The van der Waals surface area contributed by atoms with Crippen molar-refractivity contribution in [3.05, 3.63) is 59.7 Å². The third-order valence-corrected chi connectivity index (χ3v) is 4.55. The molecule has 0 unspecified atom stereocenters. The molecule has 136 valence electrons. The number of carbonyl (C=O) groups is 1. The number of nitrogens with zero attached hydrogens (tertiary/aromatic N) is 1. The van der Waals surface area contributed by atoms with Crippen LogP contribution in [0.5, 0.6) is 17.2 Å². The molecule has 2 aromatic rings. The molecule has 0 bridgehead atoms. The number of hydrogen-bond donors (Lipinski definition) is 0. The van der Waals surface area contributed by atoms with E-state index in [1.807, 2.05) is 23.1 Å². The van der Waals surface area contributed by atoms with Crippen LogP contribution in [0.3, 0.4) is 0 Å². The highest BCUT2D eigenvalue weighted by Gasteiger charge is 2.23. The van der Waals surface area contributed by atoms with Crippen LogP contribution < -0.4 is 14.2 Å². The maximum atomic E-state index is 12.9. The highest BCUT2D eigenvalue weighted by molar-refractivity contribution is 5.96. The Bertz CT molecular complexity index is 789. The molecule has 0 atom stereocenters. The topological polar surface area (TPSA) is 48.0 Å². The van der Waals surface area contributed by atoms with Crippen LogP contribution in [0.2, 0.25) is 0 Å². The minimum Gasteiger partial charge on any atom is -0.493 e. The number of hydrogen-bond acceptors (Lipinski definition) is 4. The Morgan fingerprint density at radius 2 is 1.62 bits per heavy atom. The van der Waals surface area contributed by atoms with Crippen LogP contribution in [0.4, 0.5) is 0 Å². The van der Waals surface area contributed by atoms with E-state index in [0.717, 1.165) is 6.42 Å². The number of methoxy groups -OCH3 is 3. The summed E-state index contributed by atoms with van der Waals surface area (Å²) in [4.78, 5) is 14.8. The second-order valence-corrected chi connectivity index (χ2v) is 6.01. The van der Waals surface area contributed by atoms with E-state index >= 15 is 0 Å². The molecular formula is C21H23NO4. The molecule has 0 aromatic heterocycles. The number of carbonyl (C=O) groups excluding carboxylic acids is 1. The summed E-state index contributed by atoms with van der Waals surface area (Å²) >= 11 is 0. The molecule has 1 aliphatic heterocycles. The van der Waals surface area contributed by atoms with Gasteiger partial charge in [0.25, 0.3) is 5.91 Å². The van der Waals surface area contributed by atoms with Gasteiger partial charge < -0.3 is 19.1 Å². The maximum Gasteiger partial charge on any atom is 0.254 e. The summed E-state index contributed by atoms with van der Waals surface area (Å²) in [5.41, 5.74) is 3.02. The van der Waals surface area contributed by atoms with Gasteiger partial charge in [-0.1, -0.05) is 36.4 Å². The van der Waals surface area contributed by atoms with E-state index in [-0.39, 0.29) is 5.91 Å². The Balaban J connectivity index is 1.81. The number of rotatable bonds is 5. The van der Waals surface area contributed by atoms with Crippen LogP contribution in [0.25, 0.3) is 5.57 Å². The van der Waals surface area contributed by atoms with Gasteiger partial charge >= 0.3 is 0 Å². The Hall–Kier alpha value is -2.95. The van der Waals surface area contributed by atoms with E-state index < -0.39 is 0 Å². The smallest absolute Gasteiger partial charge is 0.254 e. The predicted molar refractivity (Wildman–Crippen MR) is 101 cm³/mol. The van der Waals surface area contributed by atoms with Crippen molar-refractivity contribution in [1.82, 2.24) is 4.90 Å². The fourth-order valence-electron chi connectivity index (χ4n) is 3.16. The summed E-state index contributed by atoms with van der Waals surface area (Å²) in [6.45, 7) is 1.26. The van der Waals surface area contributed by atoms with Crippen LogP contribution in [0.1, 0.15) is 22.3 Å². The van der Waals surface area contributed by atoms with Gasteiger partial charge in [-0.2, -0.15) is 0 Å². The zero-order valence-corrected chi connectivity index (χ0v) is 15.3. The molecule has 0 fully saturated rings. The van der Waals surface area contributed by atoms with Crippen molar-refractivity contribution in [2.75, 3.05) is 34.4 Å². The average Bonchev–Trinajstić information content (AvgIpc) is 2.72. The molecular weight excluding hydrogens is 330 g/mol. The second kappa shape index (κ2) is 7.95. The molecule has 1 aliphatic rings. The molecule has 0 radical (unpaired) electrons. The van der Waals surface area contributed by atoms with E-state index in [9.17, 15) is 4.79 Å². The van der Waals surface area contributed by atoms with Crippen molar-refractivity contribution >= 4 is 11.5 Å². The van der Waals surface area contributed by atoms with Gasteiger partial charge in [-0.25, -0.2) is 0 Å². The quantitative estimate of drug-likeness (QED) is 0.823.